The Morgan fingerprint density at radius 3 is 1.93 bits per heavy atom. The molecule has 0 aromatic heterocycles. The van der Waals surface area contributed by atoms with Crippen LogP contribution in [0, 0.1) is 0 Å². The van der Waals surface area contributed by atoms with E-state index in [0.717, 1.165) is 0 Å². The monoisotopic (exact) mass is 196 g/mol. The molecule has 0 atom stereocenters. The minimum absolute atomic E-state index is 0.0388. The lowest BCUT2D eigenvalue weighted by molar-refractivity contribution is 0.558. The van der Waals surface area contributed by atoms with Gasteiger partial charge in [-0.05, 0) is 25.0 Å². The van der Waals surface area contributed by atoms with Crippen LogP contribution in [0.5, 0.6) is 0 Å². The summed E-state index contributed by atoms with van der Waals surface area (Å²) in [5.74, 6) is -1.97. The van der Waals surface area contributed by atoms with Crippen LogP contribution in [0.4, 0.5) is 8.78 Å². The molecule has 0 saturated heterocycles. The molecule has 0 bridgehead atoms. The maximum absolute atomic E-state index is 13.3. The molecule has 0 nitrogen and oxygen atoms in total. The third kappa shape index (κ3) is 3.13. The summed E-state index contributed by atoms with van der Waals surface area (Å²) in [4.78, 5) is 0. The summed E-state index contributed by atoms with van der Waals surface area (Å²) in [5.41, 5.74) is 0.335. The lowest BCUT2D eigenvalue weighted by Gasteiger charge is -2.04. The zero-order chi connectivity index (χ0) is 11.3. The largest absolute Gasteiger partial charge is 0.203 e. The first-order chi connectivity index (χ1) is 6.41. The van der Waals surface area contributed by atoms with E-state index < -0.39 is 11.7 Å². The van der Waals surface area contributed by atoms with Gasteiger partial charge < -0.3 is 0 Å². The maximum Gasteiger partial charge on any atom is 0.166 e. The predicted octanol–water partition coefficient (Wildman–Crippen LogP) is 4.40. The highest BCUT2D eigenvalue weighted by atomic mass is 19.2. The molecule has 0 spiro atoms. The maximum atomic E-state index is 13.3. The van der Waals surface area contributed by atoms with E-state index in [9.17, 15) is 8.78 Å². The van der Waals surface area contributed by atoms with Crippen molar-refractivity contribution in [1.82, 2.24) is 0 Å². The first-order valence-electron chi connectivity index (χ1n) is 4.14. The number of hydrogen-bond acceptors (Lipinski definition) is 0. The second kappa shape index (κ2) is 5.32. The van der Waals surface area contributed by atoms with Crippen molar-refractivity contribution in [2.24, 2.45) is 0 Å². The van der Waals surface area contributed by atoms with Gasteiger partial charge in [0.15, 0.2) is 11.7 Å². The van der Waals surface area contributed by atoms with Crippen LogP contribution in [-0.2, 0) is 0 Å². The zero-order valence-electron chi connectivity index (χ0n) is 8.53. The smallest absolute Gasteiger partial charge is 0.166 e. The van der Waals surface area contributed by atoms with Gasteiger partial charge in [-0.1, -0.05) is 31.9 Å². The van der Waals surface area contributed by atoms with Crippen molar-refractivity contribution in [3.8, 4) is 0 Å². The average molecular weight is 196 g/mol. The summed E-state index contributed by atoms with van der Waals surface area (Å²) in [7, 11) is 0. The van der Waals surface area contributed by atoms with Gasteiger partial charge in [0, 0.05) is 5.57 Å². The molecule has 2 heteroatoms. The highest BCUT2D eigenvalue weighted by Crippen LogP contribution is 2.25. The van der Waals surface area contributed by atoms with Gasteiger partial charge in [-0.3, -0.25) is 0 Å². The second-order valence-electron chi connectivity index (χ2n) is 2.91. The Balaban J connectivity index is 4.97. The van der Waals surface area contributed by atoms with E-state index in [1.807, 2.05) is 0 Å². The van der Waals surface area contributed by atoms with Gasteiger partial charge in [0.1, 0.15) is 0 Å². The number of allylic oxidation sites excluding steroid dienone is 7. The van der Waals surface area contributed by atoms with Crippen molar-refractivity contribution < 1.29 is 8.78 Å². The van der Waals surface area contributed by atoms with Crippen LogP contribution in [0.2, 0.25) is 0 Å². The van der Waals surface area contributed by atoms with Crippen LogP contribution in [0.3, 0.4) is 0 Å². The first kappa shape index (κ1) is 12.6. The normalized spacial score (nSPS) is 12.6. The third-order valence-electron chi connectivity index (χ3n) is 1.59. The molecular weight excluding hydrogens is 182 g/mol. The second-order valence-corrected chi connectivity index (χ2v) is 2.91. The molecule has 0 unspecified atom stereocenters. The fraction of sp³-hybridized carbons (Fsp3) is 0.167. The Labute approximate surface area is 83.6 Å². The highest BCUT2D eigenvalue weighted by Gasteiger charge is 2.11. The summed E-state index contributed by atoms with van der Waals surface area (Å²) in [5, 5.41) is 0. The third-order valence-corrected chi connectivity index (χ3v) is 1.59. The fourth-order valence-electron chi connectivity index (χ4n) is 0.763. The van der Waals surface area contributed by atoms with Crippen LogP contribution in [0.1, 0.15) is 13.8 Å². The Morgan fingerprint density at radius 1 is 1.07 bits per heavy atom. The Hall–Kier alpha value is -1.44. The van der Waals surface area contributed by atoms with Crippen LogP contribution in [-0.4, -0.2) is 0 Å². The molecule has 0 N–H and O–H groups in total. The molecular formula is C12H14F2. The molecule has 0 heterocycles. The van der Waals surface area contributed by atoms with Gasteiger partial charge in [0.2, 0.25) is 0 Å². The standard InChI is InChI=1S/C12H14F2/c1-6-7-9(4)10(5)12(14)11(13)8(2)3/h6-7H,2,4-5H2,1,3H3/b7-6-,12-11-. The molecule has 76 valence electrons. The van der Waals surface area contributed by atoms with E-state index in [2.05, 4.69) is 19.7 Å². The Kier molecular flexibility index (Phi) is 4.78. The van der Waals surface area contributed by atoms with Crippen LogP contribution in [0.15, 0.2) is 60.3 Å². The van der Waals surface area contributed by atoms with Crippen LogP contribution >= 0.6 is 0 Å². The summed E-state index contributed by atoms with van der Waals surface area (Å²) in [6, 6.07) is 0. The van der Waals surface area contributed by atoms with Crippen molar-refractivity contribution >= 4 is 0 Å². The number of halogens is 2. The van der Waals surface area contributed by atoms with Gasteiger partial charge in [-0.15, -0.1) is 0 Å². The van der Waals surface area contributed by atoms with Crippen molar-refractivity contribution in [2.45, 2.75) is 13.8 Å². The van der Waals surface area contributed by atoms with Crippen molar-refractivity contribution in [2.75, 3.05) is 0 Å². The van der Waals surface area contributed by atoms with Gasteiger partial charge in [-0.2, -0.15) is 0 Å². The molecule has 14 heavy (non-hydrogen) atoms. The molecule has 0 aliphatic carbocycles. The molecule has 0 aromatic rings. The van der Waals surface area contributed by atoms with Gasteiger partial charge in [0.05, 0.1) is 0 Å². The molecule has 0 fully saturated rings. The first-order valence-corrected chi connectivity index (χ1v) is 4.14. The van der Waals surface area contributed by atoms with Crippen LogP contribution < -0.4 is 0 Å². The number of hydrogen-bond donors (Lipinski definition) is 0. The summed E-state index contributed by atoms with van der Waals surface area (Å²) < 4.78 is 26.3. The fourth-order valence-corrected chi connectivity index (χ4v) is 0.763. The zero-order valence-corrected chi connectivity index (χ0v) is 8.53. The number of rotatable bonds is 4. The quantitative estimate of drug-likeness (QED) is 0.584. The minimum Gasteiger partial charge on any atom is -0.203 e. The van der Waals surface area contributed by atoms with Crippen molar-refractivity contribution in [1.29, 1.82) is 0 Å². The van der Waals surface area contributed by atoms with Gasteiger partial charge in [0.25, 0.3) is 0 Å². The van der Waals surface area contributed by atoms with E-state index in [4.69, 9.17) is 0 Å². The molecule has 0 aliphatic heterocycles. The van der Waals surface area contributed by atoms with Crippen LogP contribution in [0.25, 0.3) is 0 Å². The van der Waals surface area contributed by atoms with E-state index in [0.29, 0.717) is 5.57 Å². The van der Waals surface area contributed by atoms with Gasteiger partial charge >= 0.3 is 0 Å². The van der Waals surface area contributed by atoms with Crippen molar-refractivity contribution in [3.05, 3.63) is 60.3 Å². The van der Waals surface area contributed by atoms with E-state index in [-0.39, 0.29) is 11.1 Å². The summed E-state index contributed by atoms with van der Waals surface area (Å²) >= 11 is 0. The van der Waals surface area contributed by atoms with E-state index in [1.165, 1.54) is 6.92 Å². The summed E-state index contributed by atoms with van der Waals surface area (Å²) in [6.07, 6.45) is 3.24. The lowest BCUT2D eigenvalue weighted by atomic mass is 10.1. The molecule has 0 aliphatic rings. The lowest BCUT2D eigenvalue weighted by Crippen LogP contribution is -1.89. The van der Waals surface area contributed by atoms with E-state index in [1.54, 1.807) is 19.1 Å². The predicted molar refractivity (Wildman–Crippen MR) is 57.2 cm³/mol. The molecule has 0 saturated carbocycles. The highest BCUT2D eigenvalue weighted by molar-refractivity contribution is 5.48. The minimum atomic E-state index is -0.999. The molecule has 0 amide bonds. The summed E-state index contributed by atoms with van der Waals surface area (Å²) in [6.45, 7) is 13.4. The topological polar surface area (TPSA) is 0 Å². The van der Waals surface area contributed by atoms with Gasteiger partial charge in [-0.25, -0.2) is 8.78 Å². The molecule has 0 radical (unpaired) electrons. The molecule has 0 aromatic carbocycles. The average Bonchev–Trinajstić information content (AvgIpc) is 2.14. The molecule has 0 rings (SSSR count). The van der Waals surface area contributed by atoms with E-state index >= 15 is 0 Å². The Bertz CT molecular complexity index is 330. The SMILES string of the molecule is C=C(/C=C\C)C(=C)/C(F)=C(/F)C(=C)C. The van der Waals surface area contributed by atoms with Crippen molar-refractivity contribution in [3.63, 3.8) is 0 Å². The Morgan fingerprint density at radius 2 is 1.57 bits per heavy atom.